The van der Waals surface area contributed by atoms with Crippen LogP contribution in [0.5, 0.6) is 0 Å². The topological polar surface area (TPSA) is 144 Å². The van der Waals surface area contributed by atoms with Crippen LogP contribution in [0.4, 0.5) is 0 Å². The summed E-state index contributed by atoms with van der Waals surface area (Å²) in [5.41, 5.74) is -2.58. The van der Waals surface area contributed by atoms with Gasteiger partial charge >= 0.3 is 11.9 Å². The highest BCUT2D eigenvalue weighted by Gasteiger charge is 2.67. The number of hydrogen-bond acceptors (Lipinski definition) is 10. The van der Waals surface area contributed by atoms with Crippen molar-refractivity contribution in [1.29, 1.82) is 0 Å². The quantitative estimate of drug-likeness (QED) is 0.179. The van der Waals surface area contributed by atoms with Crippen molar-refractivity contribution in [3.8, 4) is 0 Å². The number of carboxylic acid groups (broad SMARTS) is 1. The first-order chi connectivity index (χ1) is 14.8. The summed E-state index contributed by atoms with van der Waals surface area (Å²) in [5.74, 6) is -3.59. The second-order valence-electron chi connectivity index (χ2n) is 6.33. The normalized spacial score (nSPS) is 23.1. The third kappa shape index (κ3) is 3.91. The molecule has 1 aromatic heterocycles. The van der Waals surface area contributed by atoms with Crippen LogP contribution in [0.25, 0.3) is 0 Å². The molecule has 13 heteroatoms. The number of carboxylic acids is 1. The molecule has 166 valence electrons. The van der Waals surface area contributed by atoms with E-state index in [0.717, 1.165) is 28.6 Å². The van der Waals surface area contributed by atoms with Crippen molar-refractivity contribution >= 4 is 52.6 Å². The third-order valence-electron chi connectivity index (χ3n) is 4.64. The number of thioether (sulfide) groups is 1. The Balaban J connectivity index is 1.93. The minimum Gasteiger partial charge on any atom is -0.477 e. The lowest BCUT2D eigenvalue weighted by molar-refractivity contribution is -0.192. The predicted molar refractivity (Wildman–Crippen MR) is 110 cm³/mol. The molecule has 0 unspecified atom stereocenters. The van der Waals surface area contributed by atoms with Crippen LogP contribution in [-0.4, -0.2) is 77.7 Å². The molecule has 3 heterocycles. The van der Waals surface area contributed by atoms with Gasteiger partial charge in [0, 0.05) is 23.3 Å². The van der Waals surface area contributed by atoms with Gasteiger partial charge in [0.15, 0.2) is 5.71 Å². The molecule has 3 rings (SSSR count). The van der Waals surface area contributed by atoms with Gasteiger partial charge in [0.1, 0.15) is 18.2 Å². The van der Waals surface area contributed by atoms with Crippen molar-refractivity contribution < 1.29 is 38.6 Å². The Morgan fingerprint density at radius 3 is 2.65 bits per heavy atom. The molecule has 2 amide bonds. The van der Waals surface area contributed by atoms with Crippen LogP contribution in [0.2, 0.25) is 0 Å². The number of amides is 2. The fourth-order valence-electron chi connectivity index (χ4n) is 3.29. The van der Waals surface area contributed by atoms with Gasteiger partial charge in [-0.2, -0.15) is 0 Å². The Hall–Kier alpha value is -2.90. The number of methoxy groups -OCH3 is 2. The molecule has 1 aromatic rings. The van der Waals surface area contributed by atoms with Crippen LogP contribution in [0.3, 0.4) is 0 Å². The van der Waals surface area contributed by atoms with Gasteiger partial charge in [-0.1, -0.05) is 11.2 Å². The molecule has 11 nitrogen and oxygen atoms in total. The zero-order chi connectivity index (χ0) is 22.8. The number of fused-ring (bicyclic) bond motifs is 1. The van der Waals surface area contributed by atoms with Gasteiger partial charge in [0.2, 0.25) is 5.91 Å². The maximum atomic E-state index is 13.1. The summed E-state index contributed by atoms with van der Waals surface area (Å²) >= 11 is 2.51. The van der Waals surface area contributed by atoms with Gasteiger partial charge in [-0.25, -0.2) is 9.59 Å². The van der Waals surface area contributed by atoms with E-state index in [4.69, 9.17) is 4.74 Å². The molecule has 2 N–H and O–H groups in total. The fraction of sp³-hybridized carbons (Fsp3) is 0.389. The molecule has 0 radical (unpaired) electrons. The molecule has 0 aromatic carbocycles. The second-order valence-corrected chi connectivity index (χ2v) is 8.43. The Bertz CT molecular complexity index is 974. The molecule has 2 aliphatic rings. The zero-order valence-corrected chi connectivity index (χ0v) is 18.4. The summed E-state index contributed by atoms with van der Waals surface area (Å²) in [6.45, 7) is 0. The van der Waals surface area contributed by atoms with Crippen molar-refractivity contribution in [2.24, 2.45) is 5.16 Å². The van der Waals surface area contributed by atoms with Gasteiger partial charge in [0.05, 0.1) is 13.5 Å². The van der Waals surface area contributed by atoms with E-state index in [1.807, 2.05) is 5.38 Å². The summed E-state index contributed by atoms with van der Waals surface area (Å²) in [6.07, 6.45) is 0.0489. The van der Waals surface area contributed by atoms with Gasteiger partial charge in [-0.05, 0) is 11.4 Å². The summed E-state index contributed by atoms with van der Waals surface area (Å²) in [4.78, 5) is 56.1. The summed E-state index contributed by atoms with van der Waals surface area (Å²) in [5, 5.41) is 16.9. The van der Waals surface area contributed by atoms with E-state index < -0.39 is 40.5 Å². The van der Waals surface area contributed by atoms with E-state index in [1.54, 1.807) is 12.1 Å². The molecule has 0 bridgehead atoms. The first-order valence-corrected chi connectivity index (χ1v) is 10.7. The van der Waals surface area contributed by atoms with Crippen molar-refractivity contribution in [3.63, 3.8) is 0 Å². The van der Waals surface area contributed by atoms with E-state index in [0.29, 0.717) is 0 Å². The van der Waals surface area contributed by atoms with Gasteiger partial charge in [-0.15, -0.1) is 23.1 Å². The molecule has 2 atom stereocenters. The lowest BCUT2D eigenvalue weighted by atomic mass is 9.96. The number of carbonyl (C=O) groups is 4. The number of aliphatic carboxylic acids is 1. The van der Waals surface area contributed by atoms with Gasteiger partial charge < -0.3 is 24.7 Å². The summed E-state index contributed by atoms with van der Waals surface area (Å²) < 4.78 is 10.0. The van der Waals surface area contributed by atoms with Gasteiger partial charge in [0.25, 0.3) is 11.6 Å². The predicted octanol–water partition coefficient (Wildman–Crippen LogP) is 0.179. The maximum Gasteiger partial charge on any atom is 0.360 e. The minimum absolute atomic E-state index is 0.0146. The lowest BCUT2D eigenvalue weighted by Crippen LogP contribution is -2.80. The first-order valence-electron chi connectivity index (χ1n) is 8.80. The fourth-order valence-corrected chi connectivity index (χ4v) is 5.43. The Morgan fingerprint density at radius 1 is 1.35 bits per heavy atom. The highest BCUT2D eigenvalue weighted by Crippen LogP contribution is 2.47. The first kappa shape index (κ1) is 22.8. The molecule has 1 saturated heterocycles. The van der Waals surface area contributed by atoms with Crippen LogP contribution in [0, 0.1) is 0 Å². The molecule has 0 aliphatic carbocycles. The number of thiophene rings is 1. The van der Waals surface area contributed by atoms with E-state index >= 15 is 0 Å². The molecule has 31 heavy (non-hydrogen) atoms. The van der Waals surface area contributed by atoms with E-state index in [9.17, 15) is 24.3 Å². The van der Waals surface area contributed by atoms with Crippen molar-refractivity contribution in [3.05, 3.63) is 33.7 Å². The lowest BCUT2D eigenvalue weighted by Gasteiger charge is -2.55. The van der Waals surface area contributed by atoms with Crippen molar-refractivity contribution in [2.75, 3.05) is 27.1 Å². The number of esters is 1. The molecule has 1 fully saturated rings. The van der Waals surface area contributed by atoms with Crippen LogP contribution in [0.15, 0.2) is 33.9 Å². The second kappa shape index (κ2) is 9.08. The molecular formula is C18H19N3O8S2. The molecular weight excluding hydrogens is 450 g/mol. The van der Waals surface area contributed by atoms with Crippen LogP contribution < -0.4 is 5.32 Å². The molecule has 2 aliphatic heterocycles. The average molecular weight is 469 g/mol. The van der Waals surface area contributed by atoms with Crippen LogP contribution in [0.1, 0.15) is 4.88 Å². The standard InChI is InChI=1S/C18H19N3O8S2/c1-27-15(25)12(20-29-3)10-8-31-17-18(28-2,16(26)21(17)13(10)14(23)24)19-11(22)7-9-5-4-6-30-9/h4-6,17H,7-8H2,1-3H3,(H,19,22)(H,23,24)/t17-,18-/m0/s1. The Kier molecular flexibility index (Phi) is 6.67. The Morgan fingerprint density at radius 2 is 2.10 bits per heavy atom. The van der Waals surface area contributed by atoms with E-state index in [-0.39, 0.29) is 23.5 Å². The molecule has 0 spiro atoms. The van der Waals surface area contributed by atoms with E-state index in [1.165, 1.54) is 25.6 Å². The number of β-lactam (4-membered cyclic amide) rings is 1. The average Bonchev–Trinajstić information content (AvgIpc) is 3.26. The Labute approximate surface area is 185 Å². The number of hydrogen-bond donors (Lipinski definition) is 2. The smallest absolute Gasteiger partial charge is 0.360 e. The highest BCUT2D eigenvalue weighted by molar-refractivity contribution is 8.00. The monoisotopic (exact) mass is 469 g/mol. The number of oxime groups is 1. The number of rotatable bonds is 8. The minimum atomic E-state index is -1.73. The SMILES string of the molecule is CON=C(C(=O)OC)C1=C(C(=O)O)N2C(=O)[C@](NC(=O)Cc3cccs3)(OC)[C@@H]2SC1. The van der Waals surface area contributed by atoms with Crippen LogP contribution >= 0.6 is 23.1 Å². The summed E-state index contributed by atoms with van der Waals surface area (Å²) in [7, 11) is 3.56. The largest absolute Gasteiger partial charge is 0.477 e. The van der Waals surface area contributed by atoms with Gasteiger partial charge in [-0.3, -0.25) is 14.5 Å². The summed E-state index contributed by atoms with van der Waals surface area (Å²) in [6, 6.07) is 3.59. The van der Waals surface area contributed by atoms with Crippen molar-refractivity contribution in [2.45, 2.75) is 17.5 Å². The third-order valence-corrected chi connectivity index (χ3v) is 6.83. The number of nitrogens with one attached hydrogen (secondary N) is 1. The van der Waals surface area contributed by atoms with Crippen LogP contribution in [-0.2, 0) is 39.9 Å². The van der Waals surface area contributed by atoms with Crippen molar-refractivity contribution in [1.82, 2.24) is 10.2 Å². The zero-order valence-electron chi connectivity index (χ0n) is 16.7. The number of carbonyl (C=O) groups excluding carboxylic acids is 3. The highest BCUT2D eigenvalue weighted by atomic mass is 32.2. The maximum absolute atomic E-state index is 13.1. The number of nitrogens with zero attached hydrogens (tertiary/aromatic N) is 2. The number of ether oxygens (including phenoxy) is 2. The van der Waals surface area contributed by atoms with E-state index in [2.05, 4.69) is 20.0 Å². The molecule has 0 saturated carbocycles.